The number of aromatic nitrogens is 1. The molecule has 2 nitrogen and oxygen atoms in total. The maximum absolute atomic E-state index is 2.40. The van der Waals surface area contributed by atoms with Crippen molar-refractivity contribution in [3.63, 3.8) is 0 Å². The van der Waals surface area contributed by atoms with Gasteiger partial charge in [0.1, 0.15) is 0 Å². The second kappa shape index (κ2) is 17.2. The van der Waals surface area contributed by atoms with Gasteiger partial charge in [-0.25, -0.2) is 0 Å². The van der Waals surface area contributed by atoms with Gasteiger partial charge in [-0.3, -0.25) is 0 Å². The van der Waals surface area contributed by atoms with E-state index in [1.165, 1.54) is 88.8 Å². The van der Waals surface area contributed by atoms with Crippen molar-refractivity contribution >= 4 is 33.2 Å². The Hall–Kier alpha value is -7.94. The van der Waals surface area contributed by atoms with Crippen LogP contribution in [0.15, 0.2) is 248 Å². The van der Waals surface area contributed by atoms with Crippen molar-refractivity contribution in [2.24, 2.45) is 0 Å². The van der Waals surface area contributed by atoms with Crippen LogP contribution in [-0.4, -0.2) is 4.57 Å². The van der Waals surface area contributed by atoms with Crippen LogP contribution in [0.25, 0.3) is 72.0 Å². The van der Waals surface area contributed by atoms with Gasteiger partial charge in [-0.1, -0.05) is 197 Å². The third-order valence-corrected chi connectivity index (χ3v) is 13.3. The van der Waals surface area contributed by atoms with Crippen LogP contribution in [0.1, 0.15) is 44.2 Å². The van der Waals surface area contributed by atoms with Gasteiger partial charge in [0.15, 0.2) is 0 Å². The van der Waals surface area contributed by atoms with Crippen molar-refractivity contribution in [2.45, 2.75) is 38.5 Å². The second-order valence-electron chi connectivity index (χ2n) is 18.6. The topological polar surface area (TPSA) is 8.17 Å². The summed E-state index contributed by atoms with van der Waals surface area (Å²) in [5.74, 6) is 0.323. The molecule has 1 heterocycles. The molecule has 1 aliphatic carbocycles. The molecule has 1 aromatic heterocycles. The molecule has 2 heteroatoms. The van der Waals surface area contributed by atoms with Gasteiger partial charge in [-0.05, 0) is 134 Å². The van der Waals surface area contributed by atoms with Crippen molar-refractivity contribution < 1.29 is 0 Å². The Morgan fingerprint density at radius 3 is 1.41 bits per heavy atom. The molecule has 1 aliphatic rings. The van der Waals surface area contributed by atoms with E-state index in [1.54, 1.807) is 0 Å². The molecule has 11 rings (SSSR count). The van der Waals surface area contributed by atoms with Gasteiger partial charge >= 0.3 is 0 Å². The number of nitrogens with zero attached hydrogens (tertiary/aromatic N) is 2. The van der Waals surface area contributed by atoms with E-state index in [0.717, 1.165) is 17.8 Å². The van der Waals surface area contributed by atoms with Crippen molar-refractivity contribution in [2.75, 3.05) is 4.90 Å². The first kappa shape index (κ1) is 40.8. The van der Waals surface area contributed by atoms with Crippen LogP contribution >= 0.6 is 0 Å². The minimum Gasteiger partial charge on any atom is -0.311 e. The quantitative estimate of drug-likeness (QED) is 0.140. The highest BCUT2D eigenvalue weighted by atomic mass is 15.1. The van der Waals surface area contributed by atoms with Gasteiger partial charge in [0.05, 0.1) is 11.0 Å². The highest BCUT2D eigenvalue weighted by Gasteiger charge is 2.20. The van der Waals surface area contributed by atoms with E-state index >= 15 is 0 Å². The van der Waals surface area contributed by atoms with Crippen LogP contribution in [0.5, 0.6) is 0 Å². The van der Waals surface area contributed by atoms with Crippen molar-refractivity contribution in [3.05, 3.63) is 260 Å². The first-order valence-electron chi connectivity index (χ1n) is 23.2. The van der Waals surface area contributed by atoms with E-state index in [0.29, 0.717) is 5.92 Å². The summed E-state index contributed by atoms with van der Waals surface area (Å²) in [7, 11) is 0. The number of allylic oxidation sites excluding steroid dienone is 3. The Morgan fingerprint density at radius 1 is 0.424 bits per heavy atom. The minimum atomic E-state index is 0.0628. The largest absolute Gasteiger partial charge is 0.311 e. The number of hydrogen-bond donors (Lipinski definition) is 0. The fourth-order valence-electron chi connectivity index (χ4n) is 9.64. The lowest BCUT2D eigenvalue weighted by Crippen LogP contribution is -2.17. The molecule has 0 saturated heterocycles. The molecule has 0 spiro atoms. The predicted molar refractivity (Wildman–Crippen MR) is 281 cm³/mol. The lowest BCUT2D eigenvalue weighted by molar-refractivity contribution is 0.591. The van der Waals surface area contributed by atoms with Gasteiger partial charge in [-0.15, -0.1) is 0 Å². The Morgan fingerprint density at radius 2 is 0.864 bits per heavy atom. The molecular formula is C64H52N2. The van der Waals surface area contributed by atoms with Gasteiger partial charge in [-0.2, -0.15) is 0 Å². The van der Waals surface area contributed by atoms with E-state index in [1.807, 2.05) is 0 Å². The highest BCUT2D eigenvalue weighted by molar-refractivity contribution is 6.10. The molecule has 0 fully saturated rings. The number of rotatable bonds is 9. The molecular weight excluding hydrogens is 797 g/mol. The van der Waals surface area contributed by atoms with Crippen LogP contribution in [-0.2, 0) is 5.41 Å². The summed E-state index contributed by atoms with van der Waals surface area (Å²) in [6.07, 6.45) is 7.98. The fourth-order valence-corrected chi connectivity index (χ4v) is 9.64. The summed E-state index contributed by atoms with van der Waals surface area (Å²) >= 11 is 0. The second-order valence-corrected chi connectivity index (χ2v) is 18.6. The molecule has 0 aliphatic heterocycles. The first-order valence-corrected chi connectivity index (χ1v) is 23.2. The zero-order chi connectivity index (χ0) is 44.6. The molecule has 0 amide bonds. The summed E-state index contributed by atoms with van der Waals surface area (Å²) in [5, 5.41) is 2.57. The third-order valence-electron chi connectivity index (χ3n) is 13.3. The standard InChI is InChI=1S/C64H52N2/c1-64(2,3)55-36-42-63-61(44-55)60-43-54(35-41-62(60)66(63)57-17-11-6-12-18-57)53-29-27-49(28-30-53)48-21-19-46(20-22-48)47-23-25-50(26-24-47)52-33-39-59(40-34-52)65(56-15-9-5-10-16-56)58-37-31-51(32-38-58)45-13-7-4-8-14-45/h4-33,35-44,52H,34H2,1-3H3. The molecule has 1 unspecified atom stereocenters. The van der Waals surface area contributed by atoms with Gasteiger partial charge < -0.3 is 9.47 Å². The fraction of sp³-hybridized carbons (Fsp3) is 0.0938. The molecule has 0 radical (unpaired) electrons. The molecule has 66 heavy (non-hydrogen) atoms. The zero-order valence-corrected chi connectivity index (χ0v) is 37.8. The Balaban J connectivity index is 0.789. The summed E-state index contributed by atoms with van der Waals surface area (Å²) < 4.78 is 2.40. The van der Waals surface area contributed by atoms with Gasteiger partial charge in [0.2, 0.25) is 0 Å². The lowest BCUT2D eigenvalue weighted by Gasteiger charge is -2.29. The van der Waals surface area contributed by atoms with Crippen LogP contribution < -0.4 is 4.90 Å². The van der Waals surface area contributed by atoms with E-state index in [-0.39, 0.29) is 5.41 Å². The average Bonchev–Trinajstić information content (AvgIpc) is 3.71. The number of benzene rings is 9. The lowest BCUT2D eigenvalue weighted by atomic mass is 9.86. The summed E-state index contributed by atoms with van der Waals surface area (Å²) in [4.78, 5) is 2.36. The van der Waals surface area contributed by atoms with E-state index in [4.69, 9.17) is 0 Å². The molecule has 1 atom stereocenters. The maximum atomic E-state index is 2.40. The smallest absolute Gasteiger partial charge is 0.0541 e. The summed E-state index contributed by atoms with van der Waals surface area (Å²) in [6.45, 7) is 6.87. The van der Waals surface area contributed by atoms with E-state index < -0.39 is 0 Å². The monoisotopic (exact) mass is 848 g/mol. The van der Waals surface area contributed by atoms with Crippen LogP contribution in [0.3, 0.4) is 0 Å². The summed E-state index contributed by atoms with van der Waals surface area (Å²) in [6, 6.07) is 82.0. The normalized spacial score (nSPS) is 13.8. The molecule has 0 bridgehead atoms. The minimum absolute atomic E-state index is 0.0628. The van der Waals surface area contributed by atoms with Gasteiger partial charge in [0.25, 0.3) is 0 Å². The zero-order valence-electron chi connectivity index (χ0n) is 37.8. The van der Waals surface area contributed by atoms with Crippen LogP contribution in [0.4, 0.5) is 11.4 Å². The van der Waals surface area contributed by atoms with E-state index in [2.05, 4.69) is 273 Å². The molecule has 10 aromatic rings. The SMILES string of the molecule is CC(C)(C)c1ccc2c(c1)c1cc(-c3ccc(-c4ccc(-c5ccc(C6C=CC(N(c7ccccc7)c7ccc(-c8ccccc8)cc7)=CC6)cc5)cc4)cc3)ccc1n2-c1ccccc1. The van der Waals surface area contributed by atoms with Crippen molar-refractivity contribution in [1.29, 1.82) is 0 Å². The predicted octanol–water partition coefficient (Wildman–Crippen LogP) is 17.5. The molecule has 0 saturated carbocycles. The maximum Gasteiger partial charge on any atom is 0.0541 e. The Labute approximate surface area is 389 Å². The van der Waals surface area contributed by atoms with Crippen molar-refractivity contribution in [1.82, 2.24) is 4.57 Å². The Kier molecular flexibility index (Phi) is 10.6. The average molecular weight is 849 g/mol. The summed E-state index contributed by atoms with van der Waals surface area (Å²) in [5.41, 5.74) is 19.6. The van der Waals surface area contributed by atoms with Gasteiger partial charge in [0, 0.05) is 39.4 Å². The Bertz CT molecular complexity index is 3350. The van der Waals surface area contributed by atoms with Crippen molar-refractivity contribution in [3.8, 4) is 50.2 Å². The molecule has 9 aromatic carbocycles. The first-order chi connectivity index (χ1) is 32.3. The number of anilines is 2. The highest BCUT2D eigenvalue weighted by Crippen LogP contribution is 2.39. The third kappa shape index (κ3) is 7.97. The molecule has 318 valence electrons. The number of fused-ring (bicyclic) bond motifs is 3. The van der Waals surface area contributed by atoms with Crippen LogP contribution in [0.2, 0.25) is 0 Å². The van der Waals surface area contributed by atoms with Crippen LogP contribution in [0, 0.1) is 0 Å². The van der Waals surface area contributed by atoms with E-state index in [9.17, 15) is 0 Å². The number of para-hydroxylation sites is 2. The number of hydrogen-bond acceptors (Lipinski definition) is 1. The molecule has 0 N–H and O–H groups in total.